The first-order valence-corrected chi connectivity index (χ1v) is 9.09. The average molecular weight is 400 g/mol. The van der Waals surface area contributed by atoms with Crippen molar-refractivity contribution in [2.45, 2.75) is 18.2 Å². The van der Waals surface area contributed by atoms with Gasteiger partial charge >= 0.3 is 0 Å². The van der Waals surface area contributed by atoms with E-state index in [4.69, 9.17) is 5.26 Å². The zero-order valence-corrected chi connectivity index (χ0v) is 15.5. The first kappa shape index (κ1) is 19.4. The van der Waals surface area contributed by atoms with Crippen LogP contribution < -0.4 is 5.32 Å². The van der Waals surface area contributed by atoms with Crippen LogP contribution in [0.3, 0.4) is 0 Å². The fourth-order valence-corrected chi connectivity index (χ4v) is 3.21. The molecule has 0 aromatic heterocycles. The van der Waals surface area contributed by atoms with Gasteiger partial charge in [0, 0.05) is 25.1 Å². The van der Waals surface area contributed by atoms with Crippen LogP contribution in [0.25, 0.3) is 6.08 Å². The molecule has 1 amide bonds. The average Bonchev–Trinajstić information content (AvgIpc) is 2.51. The molecule has 0 aliphatic heterocycles. The van der Waals surface area contributed by atoms with Crippen molar-refractivity contribution < 1.29 is 13.2 Å². The number of carbonyl (C=O) groups excluding carboxylic acids is 1. The molecule has 0 aliphatic rings. The maximum Gasteiger partial charge on any atom is 0.261 e. The lowest BCUT2D eigenvalue weighted by molar-refractivity contribution is -0.117. The first-order valence-electron chi connectivity index (χ1n) is 6.86. The van der Waals surface area contributed by atoms with Gasteiger partial charge in [0.2, 0.25) is 10.0 Å². The van der Waals surface area contributed by atoms with Gasteiger partial charge in [-0.2, -0.15) is 5.26 Å². The van der Waals surface area contributed by atoms with E-state index in [1.807, 2.05) is 13.0 Å². The lowest BCUT2D eigenvalue weighted by Gasteiger charge is -2.12. The van der Waals surface area contributed by atoms with Crippen LogP contribution in [0.1, 0.15) is 18.9 Å². The molecule has 1 N–H and O–H groups in total. The second-order valence-electron chi connectivity index (χ2n) is 4.90. The lowest BCUT2D eigenvalue weighted by atomic mass is 10.1. The number of amides is 1. The van der Waals surface area contributed by atoms with Crippen molar-refractivity contribution in [2.75, 3.05) is 20.6 Å². The molecule has 1 aromatic carbocycles. The molecule has 0 aliphatic carbocycles. The zero-order chi connectivity index (χ0) is 17.6. The minimum Gasteiger partial charge on any atom is -0.351 e. The van der Waals surface area contributed by atoms with Crippen LogP contribution in [0.2, 0.25) is 0 Å². The maximum absolute atomic E-state index is 12.1. The maximum atomic E-state index is 12.1. The molecule has 0 bridgehead atoms. The summed E-state index contributed by atoms with van der Waals surface area (Å²) in [5.41, 5.74) is 0.508. The molecule has 1 rings (SSSR count). The van der Waals surface area contributed by atoms with Gasteiger partial charge in [0.1, 0.15) is 11.6 Å². The molecule has 0 saturated carbocycles. The molecule has 0 atom stereocenters. The van der Waals surface area contributed by atoms with E-state index >= 15 is 0 Å². The van der Waals surface area contributed by atoms with Gasteiger partial charge < -0.3 is 5.32 Å². The van der Waals surface area contributed by atoms with E-state index in [1.54, 1.807) is 6.07 Å². The number of carbonyl (C=O) groups is 1. The number of hydrogen-bond donors (Lipinski definition) is 1. The van der Waals surface area contributed by atoms with Crippen LogP contribution in [0.4, 0.5) is 0 Å². The smallest absolute Gasteiger partial charge is 0.261 e. The Hall–Kier alpha value is -1.69. The Morgan fingerprint density at radius 3 is 2.57 bits per heavy atom. The first-order chi connectivity index (χ1) is 10.7. The SMILES string of the molecule is CCCNC(=O)/C(C#N)=C/c1ccc(S(=O)(=O)N(C)C)cc1Br. The van der Waals surface area contributed by atoms with Crippen LogP contribution >= 0.6 is 15.9 Å². The Bertz CT molecular complexity index is 765. The Balaban J connectivity index is 3.18. The fourth-order valence-electron chi connectivity index (χ4n) is 1.63. The van der Waals surface area contributed by atoms with Crippen molar-refractivity contribution in [1.29, 1.82) is 5.26 Å². The van der Waals surface area contributed by atoms with Gasteiger partial charge in [0.25, 0.3) is 5.91 Å². The van der Waals surface area contributed by atoms with Crippen LogP contribution in [-0.2, 0) is 14.8 Å². The fraction of sp³-hybridized carbons (Fsp3) is 0.333. The second kappa shape index (κ2) is 8.24. The largest absolute Gasteiger partial charge is 0.351 e. The van der Waals surface area contributed by atoms with Crippen molar-refractivity contribution in [3.8, 4) is 6.07 Å². The monoisotopic (exact) mass is 399 g/mol. The molecule has 124 valence electrons. The number of halogens is 1. The summed E-state index contributed by atoms with van der Waals surface area (Å²) < 4.78 is 25.7. The Labute approximate surface area is 145 Å². The third-order valence-electron chi connectivity index (χ3n) is 2.95. The Morgan fingerprint density at radius 1 is 1.43 bits per heavy atom. The summed E-state index contributed by atoms with van der Waals surface area (Å²) in [4.78, 5) is 12.0. The third-order valence-corrected chi connectivity index (χ3v) is 5.45. The van der Waals surface area contributed by atoms with Crippen LogP contribution in [0.15, 0.2) is 33.1 Å². The van der Waals surface area contributed by atoms with Gasteiger partial charge in [-0.3, -0.25) is 4.79 Å². The zero-order valence-electron chi connectivity index (χ0n) is 13.1. The summed E-state index contributed by atoms with van der Waals surface area (Å²) in [5, 5.41) is 11.7. The van der Waals surface area contributed by atoms with Gasteiger partial charge in [-0.25, -0.2) is 12.7 Å². The van der Waals surface area contributed by atoms with E-state index in [1.165, 1.54) is 32.3 Å². The van der Waals surface area contributed by atoms with E-state index < -0.39 is 15.9 Å². The molecule has 1 aromatic rings. The number of nitrogens with zero attached hydrogens (tertiary/aromatic N) is 2. The number of hydrogen-bond acceptors (Lipinski definition) is 4. The minimum atomic E-state index is -3.54. The molecule has 8 heteroatoms. The van der Waals surface area contributed by atoms with Crippen molar-refractivity contribution in [3.05, 3.63) is 33.8 Å². The summed E-state index contributed by atoms with van der Waals surface area (Å²) in [6.45, 7) is 2.40. The summed E-state index contributed by atoms with van der Waals surface area (Å²) in [6, 6.07) is 6.28. The van der Waals surface area contributed by atoms with Crippen molar-refractivity contribution >= 4 is 37.9 Å². The predicted molar refractivity (Wildman–Crippen MR) is 91.9 cm³/mol. The molecule has 0 spiro atoms. The molecular weight excluding hydrogens is 382 g/mol. The summed E-state index contributed by atoms with van der Waals surface area (Å²) >= 11 is 3.28. The molecule has 0 heterocycles. The Morgan fingerprint density at radius 2 is 2.09 bits per heavy atom. The van der Waals surface area contributed by atoms with Gasteiger partial charge in [-0.1, -0.05) is 28.9 Å². The molecule has 0 unspecified atom stereocenters. The van der Waals surface area contributed by atoms with Crippen LogP contribution in [-0.4, -0.2) is 39.3 Å². The predicted octanol–water partition coefficient (Wildman–Crippen LogP) is 2.13. The normalized spacial score (nSPS) is 12.1. The molecular formula is C15H18BrN3O3S. The molecule has 23 heavy (non-hydrogen) atoms. The van der Waals surface area contributed by atoms with Gasteiger partial charge in [0.05, 0.1) is 4.90 Å². The topological polar surface area (TPSA) is 90.3 Å². The standard InChI is InChI=1S/C15H18BrN3O3S/c1-4-7-18-15(20)12(10-17)8-11-5-6-13(9-14(11)16)23(21,22)19(2)3/h5-6,8-9H,4,7H2,1-3H3,(H,18,20)/b12-8+. The number of nitriles is 1. The van der Waals surface area contributed by atoms with E-state index in [9.17, 15) is 13.2 Å². The number of sulfonamides is 1. The molecule has 6 nitrogen and oxygen atoms in total. The van der Waals surface area contributed by atoms with Gasteiger partial charge in [-0.15, -0.1) is 0 Å². The quantitative estimate of drug-likeness (QED) is 0.585. The van der Waals surface area contributed by atoms with Crippen molar-refractivity contribution in [2.24, 2.45) is 0 Å². The molecule has 0 saturated heterocycles. The molecule has 0 radical (unpaired) electrons. The highest BCUT2D eigenvalue weighted by Crippen LogP contribution is 2.24. The lowest BCUT2D eigenvalue weighted by Crippen LogP contribution is -2.25. The second-order valence-corrected chi connectivity index (χ2v) is 7.90. The number of rotatable bonds is 6. The van der Waals surface area contributed by atoms with Crippen LogP contribution in [0, 0.1) is 11.3 Å². The Kier molecular flexibility index (Phi) is 6.94. The van der Waals surface area contributed by atoms with Crippen molar-refractivity contribution in [1.82, 2.24) is 9.62 Å². The molecule has 0 fully saturated rings. The summed E-state index contributed by atoms with van der Waals surface area (Å²) in [5.74, 6) is -0.453. The van der Waals surface area contributed by atoms with E-state index in [0.717, 1.165) is 10.7 Å². The summed E-state index contributed by atoms with van der Waals surface area (Å²) in [6.07, 6.45) is 2.19. The minimum absolute atomic E-state index is 0.0395. The highest BCUT2D eigenvalue weighted by Gasteiger charge is 2.18. The van der Waals surface area contributed by atoms with E-state index in [2.05, 4.69) is 21.2 Å². The third kappa shape index (κ3) is 4.89. The van der Waals surface area contributed by atoms with E-state index in [0.29, 0.717) is 16.6 Å². The summed E-state index contributed by atoms with van der Waals surface area (Å²) in [7, 11) is -0.646. The van der Waals surface area contributed by atoms with Gasteiger partial charge in [0.15, 0.2) is 0 Å². The number of benzene rings is 1. The van der Waals surface area contributed by atoms with Crippen molar-refractivity contribution in [3.63, 3.8) is 0 Å². The number of nitrogens with one attached hydrogen (secondary N) is 1. The van der Waals surface area contributed by atoms with Crippen LogP contribution in [0.5, 0.6) is 0 Å². The highest BCUT2D eigenvalue weighted by molar-refractivity contribution is 9.10. The highest BCUT2D eigenvalue weighted by atomic mass is 79.9. The van der Waals surface area contributed by atoms with Gasteiger partial charge in [-0.05, 0) is 30.2 Å². The van der Waals surface area contributed by atoms with E-state index in [-0.39, 0.29) is 10.5 Å².